The Morgan fingerprint density at radius 2 is 1.21 bits per heavy atom. The monoisotopic (exact) mass is 702 g/mol. The van der Waals surface area contributed by atoms with E-state index in [1.807, 2.05) is 54.6 Å². The molecular formula is C47H46N2O4. The second-order valence-electron chi connectivity index (χ2n) is 13.8. The molecule has 2 N–H and O–H groups in total. The molecule has 6 aromatic rings. The van der Waals surface area contributed by atoms with Gasteiger partial charge in [0.2, 0.25) is 0 Å². The minimum Gasteiger partial charge on any atom is -0.392 e. The van der Waals surface area contributed by atoms with Crippen molar-refractivity contribution in [3.05, 3.63) is 203 Å². The molecule has 7 rings (SSSR count). The summed E-state index contributed by atoms with van der Waals surface area (Å²) in [6.45, 7) is 4.94. The number of carbonyl (C=O) groups is 1. The highest BCUT2D eigenvalue weighted by atomic mass is 16.7. The van der Waals surface area contributed by atoms with E-state index >= 15 is 0 Å². The van der Waals surface area contributed by atoms with E-state index in [0.717, 1.165) is 46.5 Å². The number of hydrogen-bond acceptors (Lipinski definition) is 5. The Balaban J connectivity index is 1.15. The smallest absolute Gasteiger partial charge is 0.251 e. The van der Waals surface area contributed by atoms with Gasteiger partial charge in [-0.15, -0.1) is 0 Å². The summed E-state index contributed by atoms with van der Waals surface area (Å²) in [5.74, 6) is -0.0497. The summed E-state index contributed by atoms with van der Waals surface area (Å²) in [5, 5.41) is 12.8. The van der Waals surface area contributed by atoms with Crippen LogP contribution < -0.4 is 5.32 Å². The van der Waals surface area contributed by atoms with Crippen LogP contribution in [0, 0.1) is 5.92 Å². The van der Waals surface area contributed by atoms with Crippen LogP contribution in [0.15, 0.2) is 164 Å². The van der Waals surface area contributed by atoms with Crippen LogP contribution in [0.5, 0.6) is 0 Å². The van der Waals surface area contributed by atoms with Crippen molar-refractivity contribution in [3.63, 3.8) is 0 Å². The summed E-state index contributed by atoms with van der Waals surface area (Å²) in [5.41, 5.74) is 9.13. The van der Waals surface area contributed by atoms with Crippen molar-refractivity contribution in [2.24, 2.45) is 5.92 Å². The molecular weight excluding hydrogens is 657 g/mol. The van der Waals surface area contributed by atoms with Crippen LogP contribution in [0.4, 0.5) is 0 Å². The molecule has 0 aliphatic carbocycles. The Kier molecular flexibility index (Phi) is 11.8. The number of amides is 1. The predicted octanol–water partition coefficient (Wildman–Crippen LogP) is 9.27. The molecule has 0 saturated carbocycles. The van der Waals surface area contributed by atoms with Crippen LogP contribution >= 0.6 is 0 Å². The van der Waals surface area contributed by atoms with Crippen molar-refractivity contribution in [1.29, 1.82) is 0 Å². The molecule has 6 heteroatoms. The zero-order valence-corrected chi connectivity index (χ0v) is 30.1. The lowest BCUT2D eigenvalue weighted by molar-refractivity contribution is -0.276. The molecule has 268 valence electrons. The summed E-state index contributed by atoms with van der Waals surface area (Å²) in [6.07, 6.45) is -0.951. The van der Waals surface area contributed by atoms with Crippen LogP contribution in [-0.4, -0.2) is 28.6 Å². The summed E-state index contributed by atoms with van der Waals surface area (Å²) in [6, 6.07) is 55.2. The highest BCUT2D eigenvalue weighted by Gasteiger charge is 2.39. The molecule has 1 amide bonds. The van der Waals surface area contributed by atoms with Gasteiger partial charge in [0, 0.05) is 43.2 Å². The van der Waals surface area contributed by atoms with Gasteiger partial charge >= 0.3 is 0 Å². The number of ether oxygens (including phenoxy) is 2. The van der Waals surface area contributed by atoms with E-state index in [4.69, 9.17) is 9.47 Å². The van der Waals surface area contributed by atoms with E-state index in [0.29, 0.717) is 18.7 Å². The van der Waals surface area contributed by atoms with Crippen LogP contribution in [0.2, 0.25) is 0 Å². The van der Waals surface area contributed by atoms with Gasteiger partial charge in [0.15, 0.2) is 6.29 Å². The van der Waals surface area contributed by atoms with E-state index in [9.17, 15) is 9.90 Å². The highest BCUT2D eigenvalue weighted by molar-refractivity contribution is 5.94. The molecule has 1 aliphatic rings. The normalized spacial score (nSPS) is 18.5. The average molecular weight is 703 g/mol. The van der Waals surface area contributed by atoms with Gasteiger partial charge in [0.1, 0.15) is 0 Å². The fourth-order valence-electron chi connectivity index (χ4n) is 7.05. The summed E-state index contributed by atoms with van der Waals surface area (Å²) in [7, 11) is 0. The van der Waals surface area contributed by atoms with Crippen molar-refractivity contribution < 1.29 is 19.4 Å². The fourth-order valence-corrected chi connectivity index (χ4v) is 7.05. The number of aliphatic hydroxyl groups excluding tert-OH is 1. The molecule has 0 aromatic heterocycles. The largest absolute Gasteiger partial charge is 0.392 e. The molecule has 6 nitrogen and oxygen atoms in total. The summed E-state index contributed by atoms with van der Waals surface area (Å²) >= 11 is 0. The third-order valence-electron chi connectivity index (χ3n) is 9.97. The predicted molar refractivity (Wildman–Crippen MR) is 209 cm³/mol. The van der Waals surface area contributed by atoms with Gasteiger partial charge in [-0.3, -0.25) is 9.69 Å². The van der Waals surface area contributed by atoms with Crippen molar-refractivity contribution in [2.75, 3.05) is 6.54 Å². The quantitative estimate of drug-likeness (QED) is 0.126. The van der Waals surface area contributed by atoms with E-state index in [2.05, 4.69) is 126 Å². The fraction of sp³-hybridized carbons (Fsp3) is 0.213. The summed E-state index contributed by atoms with van der Waals surface area (Å²) < 4.78 is 13.8. The van der Waals surface area contributed by atoms with Crippen molar-refractivity contribution in [1.82, 2.24) is 10.2 Å². The Labute approximate surface area is 312 Å². The Morgan fingerprint density at radius 3 is 1.85 bits per heavy atom. The maximum Gasteiger partial charge on any atom is 0.251 e. The molecule has 0 unspecified atom stereocenters. The van der Waals surface area contributed by atoms with Gasteiger partial charge in [-0.05, 0) is 63.2 Å². The SMILES string of the molecule is C[C@H]1[C@@H](CN(Cc2ccccc2)Cc2ccccc2)O[C@@H](c2cccc(-c3cccc(CNC(=O)c4ccccc4)c3)c2)O[C@H]1c1ccc(CO)cc1. The number of nitrogens with one attached hydrogen (secondary N) is 1. The molecule has 4 atom stereocenters. The first-order chi connectivity index (χ1) is 26.0. The molecule has 6 aromatic carbocycles. The number of benzene rings is 6. The van der Waals surface area contributed by atoms with Crippen molar-refractivity contribution >= 4 is 5.91 Å². The second-order valence-corrected chi connectivity index (χ2v) is 13.8. The molecule has 1 saturated heterocycles. The molecule has 0 bridgehead atoms. The van der Waals surface area contributed by atoms with Gasteiger partial charge in [0.25, 0.3) is 5.91 Å². The van der Waals surface area contributed by atoms with E-state index in [1.165, 1.54) is 11.1 Å². The molecule has 1 fully saturated rings. The zero-order chi connectivity index (χ0) is 36.4. The topological polar surface area (TPSA) is 71.0 Å². The maximum absolute atomic E-state index is 12.7. The third kappa shape index (κ3) is 9.36. The summed E-state index contributed by atoms with van der Waals surface area (Å²) in [4.78, 5) is 15.2. The molecule has 1 heterocycles. The number of nitrogens with zero attached hydrogens (tertiary/aromatic N) is 1. The van der Waals surface area contributed by atoms with E-state index < -0.39 is 6.29 Å². The van der Waals surface area contributed by atoms with Crippen LogP contribution in [0.1, 0.15) is 63.1 Å². The lowest BCUT2D eigenvalue weighted by atomic mass is 9.89. The lowest BCUT2D eigenvalue weighted by Crippen LogP contribution is -2.44. The second kappa shape index (κ2) is 17.4. The van der Waals surface area contributed by atoms with E-state index in [1.54, 1.807) is 0 Å². The minimum atomic E-state index is -0.595. The molecule has 1 aliphatic heterocycles. The van der Waals surface area contributed by atoms with Crippen molar-refractivity contribution in [2.45, 2.75) is 51.7 Å². The highest BCUT2D eigenvalue weighted by Crippen LogP contribution is 2.42. The van der Waals surface area contributed by atoms with E-state index in [-0.39, 0.29) is 30.6 Å². The number of aliphatic hydroxyl groups is 1. The first kappa shape index (κ1) is 36.0. The lowest BCUT2D eigenvalue weighted by Gasteiger charge is -2.43. The third-order valence-corrected chi connectivity index (χ3v) is 9.97. The number of rotatable bonds is 13. The van der Waals surface area contributed by atoms with Gasteiger partial charge in [-0.1, -0.05) is 146 Å². The first-order valence-corrected chi connectivity index (χ1v) is 18.4. The van der Waals surface area contributed by atoms with Gasteiger partial charge in [-0.25, -0.2) is 0 Å². The number of hydrogen-bond donors (Lipinski definition) is 2. The average Bonchev–Trinajstić information content (AvgIpc) is 3.22. The van der Waals surface area contributed by atoms with Gasteiger partial charge < -0.3 is 19.9 Å². The van der Waals surface area contributed by atoms with Crippen molar-refractivity contribution in [3.8, 4) is 11.1 Å². The minimum absolute atomic E-state index is 0.00294. The number of carbonyl (C=O) groups excluding carboxylic acids is 1. The molecule has 0 spiro atoms. The van der Waals surface area contributed by atoms with Crippen LogP contribution in [0.25, 0.3) is 11.1 Å². The Bertz CT molecular complexity index is 2010. The van der Waals surface area contributed by atoms with Gasteiger partial charge in [-0.2, -0.15) is 0 Å². The standard InChI is InChI=1S/C47H46N2O4/c1-34-44(32-49(30-35-13-5-2-6-14-35)31-36-15-7-3-8-16-36)52-47(53-45(34)39-25-23-37(33-50)24-26-39)43-22-12-21-42(28-43)41-20-11-17-38(27-41)29-48-46(51)40-18-9-4-10-19-40/h2-28,34,44-45,47,50H,29-33H2,1H3,(H,48,51)/t34-,44+,45+,47+/m0/s1. The maximum atomic E-state index is 12.7. The Hall–Kier alpha value is -5.37. The van der Waals surface area contributed by atoms with Crippen LogP contribution in [0.3, 0.4) is 0 Å². The van der Waals surface area contributed by atoms with Gasteiger partial charge in [0.05, 0.1) is 18.8 Å². The first-order valence-electron chi connectivity index (χ1n) is 18.4. The Morgan fingerprint density at radius 1 is 0.623 bits per heavy atom. The zero-order valence-electron chi connectivity index (χ0n) is 30.1. The van der Waals surface area contributed by atoms with Crippen LogP contribution in [-0.2, 0) is 35.7 Å². The molecule has 53 heavy (non-hydrogen) atoms. The molecule has 0 radical (unpaired) electrons.